The van der Waals surface area contributed by atoms with Gasteiger partial charge in [0, 0.05) is 47.0 Å². The molecule has 1 aliphatic carbocycles. The lowest BCUT2D eigenvalue weighted by Crippen LogP contribution is -2.29. The highest BCUT2D eigenvalue weighted by molar-refractivity contribution is 7.85. The van der Waals surface area contributed by atoms with Crippen LogP contribution >= 0.6 is 0 Å². The number of aliphatic carboxylic acids is 1. The number of anilines is 1. The van der Waals surface area contributed by atoms with E-state index in [9.17, 15) is 17.8 Å². The standard InChI is InChI=1S/C39H44N2O6S/c1-6-40(7-2)29-20-22-31-35(25-29)47-34(27(3)38(31)28-15-10-8-11-16-28)17-14-18-36-39(4,5)32-26-30(48(44,45)46)21-23-33(32)41(36)24-13-9-12-19-37(42)43/h8,10-11,14-18,20-23,25-26H,6-7,9,12-13,19,24H2,1-5H3,(H-,42,43,44,45,46)/p+1. The van der Waals surface area contributed by atoms with Crippen molar-refractivity contribution in [2.24, 2.45) is 0 Å². The van der Waals surface area contributed by atoms with E-state index in [1.165, 1.54) is 6.07 Å². The number of allylic oxidation sites excluding steroid dienone is 3. The Balaban J connectivity index is 1.60. The molecular weight excluding hydrogens is 625 g/mol. The van der Waals surface area contributed by atoms with E-state index in [-0.39, 0.29) is 11.3 Å². The predicted octanol–water partition coefficient (Wildman–Crippen LogP) is 7.76. The number of benzene rings is 3. The first-order chi connectivity index (χ1) is 22.9. The van der Waals surface area contributed by atoms with Crippen molar-refractivity contribution in [3.8, 4) is 22.5 Å². The normalized spacial score (nSPS) is 15.0. The van der Waals surface area contributed by atoms with Crippen LogP contribution in [0.5, 0.6) is 0 Å². The van der Waals surface area contributed by atoms with Crippen molar-refractivity contribution < 1.29 is 27.3 Å². The number of carbonyl (C=O) groups is 1. The Kier molecular flexibility index (Phi) is 10.4. The highest BCUT2D eigenvalue weighted by Crippen LogP contribution is 2.48. The van der Waals surface area contributed by atoms with E-state index in [2.05, 4.69) is 60.6 Å². The fraction of sp³-hybridized carbons (Fsp3) is 0.333. The van der Waals surface area contributed by atoms with Crippen molar-refractivity contribution in [1.29, 1.82) is 0 Å². The summed E-state index contributed by atoms with van der Waals surface area (Å²) in [5.74, 6) is 0.725. The van der Waals surface area contributed by atoms with Crippen molar-refractivity contribution >= 4 is 27.9 Å². The van der Waals surface area contributed by atoms with Crippen LogP contribution in [0.4, 0.5) is 5.69 Å². The Morgan fingerprint density at radius 3 is 2.38 bits per heavy atom. The number of hydrogen-bond donors (Lipinski definition) is 2. The molecular formula is C39H45N2O6S+. The van der Waals surface area contributed by atoms with Gasteiger partial charge in [-0.15, -0.1) is 0 Å². The lowest BCUT2D eigenvalue weighted by atomic mass is 9.83. The molecule has 2 aromatic rings. The second-order valence-electron chi connectivity index (χ2n) is 12.7. The summed E-state index contributed by atoms with van der Waals surface area (Å²) in [5, 5.41) is 10.2. The van der Waals surface area contributed by atoms with Crippen LogP contribution in [0.3, 0.4) is 0 Å². The molecule has 5 rings (SSSR count). The Morgan fingerprint density at radius 2 is 1.71 bits per heavy atom. The molecule has 0 amide bonds. The fourth-order valence-electron chi connectivity index (χ4n) is 6.75. The van der Waals surface area contributed by atoms with Crippen LogP contribution in [0.2, 0.25) is 0 Å². The molecule has 9 heteroatoms. The van der Waals surface area contributed by atoms with Gasteiger partial charge in [0.1, 0.15) is 24.6 Å². The molecule has 2 N–H and O–H groups in total. The fourth-order valence-corrected chi connectivity index (χ4v) is 7.26. The lowest BCUT2D eigenvalue weighted by Gasteiger charge is -2.27. The molecule has 3 aliphatic rings. The van der Waals surface area contributed by atoms with Crippen molar-refractivity contribution in [2.75, 3.05) is 24.5 Å². The number of unbranched alkanes of at least 4 members (excludes halogenated alkanes) is 2. The maximum atomic E-state index is 12.0. The molecule has 2 heterocycles. The van der Waals surface area contributed by atoms with E-state index >= 15 is 0 Å². The predicted molar refractivity (Wildman–Crippen MR) is 192 cm³/mol. The van der Waals surface area contributed by atoms with Crippen molar-refractivity contribution in [3.63, 3.8) is 0 Å². The zero-order valence-corrected chi connectivity index (χ0v) is 29.2. The van der Waals surface area contributed by atoms with Crippen LogP contribution in [0.15, 0.2) is 93.9 Å². The molecule has 2 aromatic carbocycles. The highest BCUT2D eigenvalue weighted by Gasteiger charge is 2.40. The average molecular weight is 670 g/mol. The maximum Gasteiger partial charge on any atom is 0.303 e. The zero-order valence-electron chi connectivity index (χ0n) is 28.4. The Morgan fingerprint density at radius 1 is 0.979 bits per heavy atom. The minimum absolute atomic E-state index is 0.126. The summed E-state index contributed by atoms with van der Waals surface area (Å²) in [6, 6.07) is 21.4. The van der Waals surface area contributed by atoms with Gasteiger partial charge in [0.15, 0.2) is 0 Å². The molecule has 0 atom stereocenters. The van der Waals surface area contributed by atoms with Crippen LogP contribution in [0.1, 0.15) is 70.3 Å². The number of carboxylic acid groups (broad SMARTS) is 1. The van der Waals surface area contributed by atoms with Gasteiger partial charge in [-0.05, 0) is 86.7 Å². The molecule has 0 saturated carbocycles. The van der Waals surface area contributed by atoms with Crippen LogP contribution < -0.4 is 14.8 Å². The molecule has 0 fully saturated rings. The largest absolute Gasteiger partial charge is 0.481 e. The number of hydrogen-bond acceptors (Lipinski definition) is 5. The summed E-state index contributed by atoms with van der Waals surface area (Å²) in [7, 11) is -4.38. The number of carboxylic acids is 1. The molecule has 252 valence electrons. The zero-order chi connectivity index (χ0) is 34.6. The summed E-state index contributed by atoms with van der Waals surface area (Å²) >= 11 is 0. The minimum Gasteiger partial charge on any atom is -0.481 e. The lowest BCUT2D eigenvalue weighted by molar-refractivity contribution is -0.137. The highest BCUT2D eigenvalue weighted by atomic mass is 32.2. The van der Waals surface area contributed by atoms with Gasteiger partial charge in [-0.3, -0.25) is 9.35 Å². The van der Waals surface area contributed by atoms with Crippen LogP contribution in [0, 0.1) is 6.92 Å². The van der Waals surface area contributed by atoms with E-state index in [1.807, 2.05) is 50.3 Å². The van der Waals surface area contributed by atoms with Crippen molar-refractivity contribution in [2.45, 2.75) is 70.6 Å². The summed E-state index contributed by atoms with van der Waals surface area (Å²) in [5.41, 5.74) is 6.33. The monoisotopic (exact) mass is 669 g/mol. The Bertz CT molecular complexity index is 2020. The van der Waals surface area contributed by atoms with E-state index < -0.39 is 21.5 Å². The van der Waals surface area contributed by atoms with Crippen LogP contribution in [-0.4, -0.2) is 43.7 Å². The minimum atomic E-state index is -4.38. The SMILES string of the molecule is CC[N+](CC)=c1ccc2c(-c3ccccc3)c(C)c(/C=C/C=C3\N(CCCCCC(=O)O)c4ccc(S(=O)(=O)O)cc4C3(C)C)oc-2c1. The summed E-state index contributed by atoms with van der Waals surface area (Å²) in [6.45, 7) is 12.8. The molecule has 0 bridgehead atoms. The first-order valence-electron chi connectivity index (χ1n) is 16.6. The smallest absolute Gasteiger partial charge is 0.303 e. The van der Waals surface area contributed by atoms with Gasteiger partial charge < -0.3 is 14.4 Å². The molecule has 0 radical (unpaired) electrons. The van der Waals surface area contributed by atoms with E-state index in [0.717, 1.165) is 82.0 Å². The molecule has 2 aliphatic heterocycles. The maximum absolute atomic E-state index is 12.0. The van der Waals surface area contributed by atoms with Crippen molar-refractivity contribution in [3.05, 3.63) is 107 Å². The summed E-state index contributed by atoms with van der Waals surface area (Å²) < 4.78 is 42.8. The van der Waals surface area contributed by atoms with Gasteiger partial charge in [-0.1, -0.05) is 56.7 Å². The Labute approximate surface area is 283 Å². The third kappa shape index (κ3) is 7.17. The topological polar surface area (TPSA) is 111 Å². The molecule has 0 spiro atoms. The molecule has 8 nitrogen and oxygen atoms in total. The van der Waals surface area contributed by atoms with E-state index in [4.69, 9.17) is 9.52 Å². The average Bonchev–Trinajstić information content (AvgIpc) is 3.26. The first-order valence-corrected chi connectivity index (χ1v) is 18.0. The summed E-state index contributed by atoms with van der Waals surface area (Å²) in [4.78, 5) is 13.1. The molecule has 0 saturated heterocycles. The first kappa shape index (κ1) is 34.9. The van der Waals surface area contributed by atoms with Gasteiger partial charge in [0.25, 0.3) is 10.1 Å². The molecule has 0 aromatic heterocycles. The van der Waals surface area contributed by atoms with Gasteiger partial charge in [-0.2, -0.15) is 8.42 Å². The molecule has 0 unspecified atom stereocenters. The van der Waals surface area contributed by atoms with E-state index in [0.29, 0.717) is 13.0 Å². The van der Waals surface area contributed by atoms with Gasteiger partial charge in [-0.25, -0.2) is 4.58 Å². The third-order valence-corrected chi connectivity index (χ3v) is 10.2. The quantitative estimate of drug-likeness (QED) is 0.0901. The number of fused-ring (bicyclic) bond motifs is 2. The van der Waals surface area contributed by atoms with Gasteiger partial charge >= 0.3 is 5.97 Å². The summed E-state index contributed by atoms with van der Waals surface area (Å²) in [6.07, 6.45) is 8.22. The second kappa shape index (κ2) is 14.3. The second-order valence-corrected chi connectivity index (χ2v) is 14.2. The third-order valence-electron chi connectivity index (χ3n) is 9.33. The number of rotatable bonds is 12. The van der Waals surface area contributed by atoms with Gasteiger partial charge in [0.05, 0.1) is 11.0 Å². The van der Waals surface area contributed by atoms with Crippen molar-refractivity contribution in [1.82, 2.24) is 4.58 Å². The van der Waals surface area contributed by atoms with Gasteiger partial charge in [0.2, 0.25) is 5.36 Å². The molecule has 48 heavy (non-hydrogen) atoms. The Hall–Kier alpha value is -4.47. The van der Waals surface area contributed by atoms with Crippen LogP contribution in [-0.2, 0) is 20.3 Å². The number of nitrogens with zero attached hydrogens (tertiary/aromatic N) is 2. The van der Waals surface area contributed by atoms with Crippen LogP contribution in [0.25, 0.3) is 28.5 Å². The van der Waals surface area contributed by atoms with E-state index in [1.54, 1.807) is 12.1 Å².